The highest BCUT2D eigenvalue weighted by Crippen LogP contribution is 2.09. The van der Waals surface area contributed by atoms with Gasteiger partial charge in [-0.15, -0.1) is 0 Å². The summed E-state index contributed by atoms with van der Waals surface area (Å²) in [6, 6.07) is 3.77. The second kappa shape index (κ2) is 4.81. The van der Waals surface area contributed by atoms with Gasteiger partial charge in [0, 0.05) is 19.3 Å². The van der Waals surface area contributed by atoms with Crippen LogP contribution in [-0.2, 0) is 13.1 Å². The zero-order chi connectivity index (χ0) is 13.4. The van der Waals surface area contributed by atoms with Crippen LogP contribution in [0.15, 0.2) is 23.1 Å². The van der Waals surface area contributed by atoms with Crippen molar-refractivity contribution < 1.29 is 0 Å². The smallest absolute Gasteiger partial charge is 0.256 e. The fourth-order valence-corrected chi connectivity index (χ4v) is 2.73. The number of pyridine rings is 1. The van der Waals surface area contributed by atoms with E-state index < -0.39 is 0 Å². The van der Waals surface area contributed by atoms with Crippen LogP contribution in [0.5, 0.6) is 0 Å². The van der Waals surface area contributed by atoms with Crippen molar-refractivity contribution in [2.45, 2.75) is 32.8 Å². The number of rotatable bonds is 2. The van der Waals surface area contributed by atoms with Gasteiger partial charge < -0.3 is 0 Å². The molecule has 0 spiro atoms. The predicted octanol–water partition coefficient (Wildman–Crippen LogP) is 0.736. The van der Waals surface area contributed by atoms with E-state index in [1.807, 2.05) is 30.9 Å². The summed E-state index contributed by atoms with van der Waals surface area (Å²) in [6.07, 6.45) is 3.84. The molecule has 3 rings (SSSR count). The number of nitrogens with zero attached hydrogens (tertiary/aromatic N) is 4. The van der Waals surface area contributed by atoms with E-state index in [0.717, 1.165) is 31.4 Å². The fourth-order valence-electron chi connectivity index (χ4n) is 2.37. The highest BCUT2D eigenvalue weighted by Gasteiger charge is 2.17. The Morgan fingerprint density at radius 3 is 2.58 bits per heavy atom. The molecular weight excluding hydrogens is 259 g/mol. The van der Waals surface area contributed by atoms with Crippen LogP contribution in [0.25, 0.3) is 5.82 Å². The molecule has 1 radical (unpaired) electrons. The molecule has 1 aliphatic rings. The first-order chi connectivity index (χ1) is 9.22. The largest absolute Gasteiger partial charge is 0.351 e. The molecule has 0 N–H and O–H groups in total. The molecule has 0 aromatic carbocycles. The van der Waals surface area contributed by atoms with Gasteiger partial charge in [-0.3, -0.25) is 4.68 Å². The van der Waals surface area contributed by atoms with Crippen LogP contribution in [0.2, 0.25) is 6.82 Å². The topological polar surface area (TPSA) is 44.8 Å². The first kappa shape index (κ1) is 12.4. The standard InChI is InChI=1S/C12H14BN4OS/c1-13-9-4-5-10(14-8-9)17-11(18)15-6-2-3-7-16(15)12(17)19/h4-5,8H,2-3,6-7H2,1H3. The Hall–Kier alpha value is -1.63. The molecule has 2 aromatic heterocycles. The molecule has 0 aliphatic carbocycles. The van der Waals surface area contributed by atoms with Crippen LogP contribution < -0.4 is 11.2 Å². The highest BCUT2D eigenvalue weighted by molar-refractivity contribution is 7.71. The Labute approximate surface area is 116 Å². The predicted molar refractivity (Wildman–Crippen MR) is 77.1 cm³/mol. The van der Waals surface area contributed by atoms with Gasteiger partial charge in [0.05, 0.1) is 0 Å². The van der Waals surface area contributed by atoms with Crippen molar-refractivity contribution >= 4 is 25.0 Å². The molecule has 2 aromatic rings. The van der Waals surface area contributed by atoms with Crippen molar-refractivity contribution in [2.75, 3.05) is 0 Å². The Balaban J connectivity index is 2.17. The molecule has 19 heavy (non-hydrogen) atoms. The van der Waals surface area contributed by atoms with Crippen LogP contribution >= 0.6 is 12.2 Å². The minimum Gasteiger partial charge on any atom is -0.256 e. The minimum absolute atomic E-state index is 0.0922. The van der Waals surface area contributed by atoms with E-state index in [9.17, 15) is 4.79 Å². The van der Waals surface area contributed by atoms with Gasteiger partial charge in [0.25, 0.3) is 0 Å². The number of fused-ring (bicyclic) bond motifs is 1. The monoisotopic (exact) mass is 273 g/mol. The number of aromatic nitrogens is 4. The van der Waals surface area contributed by atoms with Gasteiger partial charge in [-0.1, -0.05) is 18.4 Å². The second-order valence-electron chi connectivity index (χ2n) is 4.59. The normalized spacial score (nSPS) is 14.2. The molecule has 0 saturated carbocycles. The lowest BCUT2D eigenvalue weighted by molar-refractivity contribution is 0.352. The lowest BCUT2D eigenvalue weighted by Crippen LogP contribution is -2.29. The van der Waals surface area contributed by atoms with Crippen molar-refractivity contribution in [1.82, 2.24) is 18.9 Å². The molecule has 5 nitrogen and oxygen atoms in total. The maximum Gasteiger partial charge on any atom is 0.351 e. The van der Waals surface area contributed by atoms with E-state index in [-0.39, 0.29) is 5.69 Å². The van der Waals surface area contributed by atoms with E-state index in [4.69, 9.17) is 12.2 Å². The molecule has 1 aliphatic heterocycles. The minimum atomic E-state index is -0.0922. The van der Waals surface area contributed by atoms with Gasteiger partial charge in [0.15, 0.2) is 0 Å². The maximum absolute atomic E-state index is 12.4. The lowest BCUT2D eigenvalue weighted by Gasteiger charge is -2.14. The van der Waals surface area contributed by atoms with Gasteiger partial charge in [-0.05, 0) is 31.1 Å². The van der Waals surface area contributed by atoms with Crippen LogP contribution in [0.3, 0.4) is 0 Å². The van der Waals surface area contributed by atoms with E-state index in [1.54, 1.807) is 10.9 Å². The molecule has 0 atom stereocenters. The molecule has 0 unspecified atom stereocenters. The Morgan fingerprint density at radius 2 is 2.00 bits per heavy atom. The molecule has 3 heterocycles. The molecular formula is C12H14BN4OS. The average Bonchev–Trinajstić information content (AvgIpc) is 2.72. The van der Waals surface area contributed by atoms with E-state index in [0.29, 0.717) is 10.6 Å². The summed E-state index contributed by atoms with van der Waals surface area (Å²) >= 11 is 5.40. The quantitative estimate of drug-likeness (QED) is 0.598. The zero-order valence-corrected chi connectivity index (χ0v) is 11.6. The summed E-state index contributed by atoms with van der Waals surface area (Å²) < 4.78 is 5.64. The zero-order valence-electron chi connectivity index (χ0n) is 10.7. The van der Waals surface area contributed by atoms with Gasteiger partial charge in [0.2, 0.25) is 4.77 Å². The Bertz CT molecular complexity index is 675. The van der Waals surface area contributed by atoms with E-state index in [1.165, 1.54) is 4.57 Å². The molecule has 0 bridgehead atoms. The Kier molecular flexibility index (Phi) is 3.14. The molecule has 0 amide bonds. The third kappa shape index (κ3) is 1.98. The number of hydrogen-bond donors (Lipinski definition) is 0. The molecule has 0 fully saturated rings. The summed E-state index contributed by atoms with van der Waals surface area (Å²) in [5.41, 5.74) is 0.935. The summed E-state index contributed by atoms with van der Waals surface area (Å²) in [7, 11) is 1.97. The summed E-state index contributed by atoms with van der Waals surface area (Å²) in [5, 5.41) is 0. The van der Waals surface area contributed by atoms with E-state index >= 15 is 0 Å². The lowest BCUT2D eigenvalue weighted by atomic mass is 9.74. The van der Waals surface area contributed by atoms with Crippen molar-refractivity contribution in [2.24, 2.45) is 0 Å². The van der Waals surface area contributed by atoms with Crippen LogP contribution in [0.1, 0.15) is 12.8 Å². The van der Waals surface area contributed by atoms with Crippen molar-refractivity contribution in [3.8, 4) is 5.82 Å². The summed E-state index contributed by atoms with van der Waals surface area (Å²) in [5.74, 6) is 0.593. The first-order valence-corrected chi connectivity index (χ1v) is 6.81. The van der Waals surface area contributed by atoms with E-state index in [2.05, 4.69) is 4.98 Å². The van der Waals surface area contributed by atoms with Gasteiger partial charge in [-0.2, -0.15) is 0 Å². The van der Waals surface area contributed by atoms with Gasteiger partial charge >= 0.3 is 5.69 Å². The third-order valence-electron chi connectivity index (χ3n) is 3.44. The first-order valence-electron chi connectivity index (χ1n) is 6.41. The van der Waals surface area contributed by atoms with Crippen molar-refractivity contribution in [3.05, 3.63) is 33.6 Å². The Morgan fingerprint density at radius 1 is 1.26 bits per heavy atom. The number of hydrogen-bond acceptors (Lipinski definition) is 3. The molecule has 97 valence electrons. The highest BCUT2D eigenvalue weighted by atomic mass is 32.1. The van der Waals surface area contributed by atoms with Crippen LogP contribution in [0.4, 0.5) is 0 Å². The summed E-state index contributed by atoms with van der Waals surface area (Å²) in [4.78, 5) is 16.7. The van der Waals surface area contributed by atoms with Gasteiger partial charge in [0.1, 0.15) is 13.1 Å². The SMILES string of the molecule is C[B]c1ccc(-n2c(=O)n3n(c2=S)CCCC3)nc1. The van der Waals surface area contributed by atoms with Crippen molar-refractivity contribution in [3.63, 3.8) is 0 Å². The average molecular weight is 273 g/mol. The molecule has 7 heteroatoms. The maximum atomic E-state index is 12.4. The van der Waals surface area contributed by atoms with Gasteiger partial charge in [-0.25, -0.2) is 19.0 Å². The molecule has 0 saturated heterocycles. The van der Waals surface area contributed by atoms with Crippen molar-refractivity contribution in [1.29, 1.82) is 0 Å². The fraction of sp³-hybridized carbons (Fsp3) is 0.417. The van der Waals surface area contributed by atoms with Crippen LogP contribution in [-0.4, -0.2) is 26.2 Å². The summed E-state index contributed by atoms with van der Waals surface area (Å²) in [6.45, 7) is 3.49. The third-order valence-corrected chi connectivity index (χ3v) is 3.83. The second-order valence-corrected chi connectivity index (χ2v) is 4.96. The van der Waals surface area contributed by atoms with Crippen LogP contribution in [0, 0.1) is 4.77 Å².